The number of anilines is 3. The van der Waals surface area contributed by atoms with Crippen LogP contribution in [0, 0.1) is 17.1 Å². The van der Waals surface area contributed by atoms with Gasteiger partial charge in [0.25, 0.3) is 5.56 Å². The molecule has 6 rings (SSSR count). The van der Waals surface area contributed by atoms with Crippen molar-refractivity contribution in [1.82, 2.24) is 24.5 Å². The van der Waals surface area contributed by atoms with E-state index >= 15 is 0 Å². The highest BCUT2D eigenvalue weighted by atomic mass is 19.1. The lowest BCUT2D eigenvalue weighted by atomic mass is 10.1. The van der Waals surface area contributed by atoms with Gasteiger partial charge < -0.3 is 21.4 Å². The lowest BCUT2D eigenvalue weighted by molar-refractivity contribution is 0.229. The Labute approximate surface area is 230 Å². The van der Waals surface area contributed by atoms with Gasteiger partial charge in [0.2, 0.25) is 5.95 Å². The number of rotatable bonds is 5. The number of aromatic nitrogens is 4. The summed E-state index contributed by atoms with van der Waals surface area (Å²) < 4.78 is 16.5. The van der Waals surface area contributed by atoms with Crippen LogP contribution in [0.15, 0.2) is 53.3 Å². The molecule has 4 aromatic rings. The molecule has 2 aromatic heterocycles. The Hall–Kier alpha value is -4.76. The van der Waals surface area contributed by atoms with Gasteiger partial charge in [0.15, 0.2) is 11.6 Å². The minimum atomic E-state index is -0.607. The number of hydrogen-bond donors (Lipinski definition) is 2. The molecule has 0 saturated carbocycles. The van der Waals surface area contributed by atoms with Gasteiger partial charge in [0.1, 0.15) is 28.7 Å². The predicted molar refractivity (Wildman–Crippen MR) is 151 cm³/mol. The Morgan fingerprint density at radius 1 is 0.975 bits per heavy atom. The van der Waals surface area contributed by atoms with E-state index in [1.54, 1.807) is 12.1 Å². The van der Waals surface area contributed by atoms with E-state index in [4.69, 9.17) is 16.5 Å². The highest BCUT2D eigenvalue weighted by molar-refractivity contribution is 5.78. The van der Waals surface area contributed by atoms with Crippen molar-refractivity contribution in [3.63, 3.8) is 0 Å². The molecule has 4 heterocycles. The number of fused-ring (bicyclic) bond motifs is 1. The van der Waals surface area contributed by atoms with E-state index in [0.29, 0.717) is 37.7 Å². The average Bonchev–Trinajstić information content (AvgIpc) is 3.43. The van der Waals surface area contributed by atoms with Crippen LogP contribution in [0.5, 0.6) is 0 Å². The van der Waals surface area contributed by atoms with Gasteiger partial charge in [0, 0.05) is 39.3 Å². The Kier molecular flexibility index (Phi) is 6.65. The van der Waals surface area contributed by atoms with Crippen LogP contribution in [0.2, 0.25) is 0 Å². The fourth-order valence-corrected chi connectivity index (χ4v) is 5.71. The molecule has 2 aromatic carbocycles. The van der Waals surface area contributed by atoms with E-state index in [2.05, 4.69) is 33.1 Å². The molecule has 0 aliphatic carbocycles. The SMILES string of the molecule is N#Cc1c(N)nc(N)nc1N1CCCC1c1nc2cccc(F)c2c(=O)n1N1CCN(Cc2ccccc2)CC1. The van der Waals surface area contributed by atoms with Crippen molar-refractivity contribution < 1.29 is 4.39 Å². The lowest BCUT2D eigenvalue weighted by Gasteiger charge is -2.39. The van der Waals surface area contributed by atoms with Gasteiger partial charge in [-0.1, -0.05) is 36.4 Å². The van der Waals surface area contributed by atoms with Crippen molar-refractivity contribution in [2.45, 2.75) is 25.4 Å². The van der Waals surface area contributed by atoms with Gasteiger partial charge in [-0.15, -0.1) is 0 Å². The molecule has 204 valence electrons. The van der Waals surface area contributed by atoms with Crippen molar-refractivity contribution in [3.05, 3.63) is 81.7 Å². The highest BCUT2D eigenvalue weighted by Gasteiger charge is 2.35. The highest BCUT2D eigenvalue weighted by Crippen LogP contribution is 2.37. The minimum Gasteiger partial charge on any atom is -0.382 e. The summed E-state index contributed by atoms with van der Waals surface area (Å²) in [5.74, 6) is 0.123. The zero-order valence-electron chi connectivity index (χ0n) is 21.9. The van der Waals surface area contributed by atoms with Crippen molar-refractivity contribution in [2.75, 3.05) is 54.1 Å². The number of nitrogens with zero attached hydrogens (tertiary/aromatic N) is 8. The van der Waals surface area contributed by atoms with E-state index in [9.17, 15) is 14.4 Å². The number of halogens is 1. The zero-order chi connectivity index (χ0) is 27.8. The molecule has 0 radical (unpaired) electrons. The minimum absolute atomic E-state index is 0.00359. The van der Waals surface area contributed by atoms with Gasteiger partial charge in [0.05, 0.1) is 11.6 Å². The Balaban J connectivity index is 1.41. The standard InChI is InChI=1S/C28H29FN10O/c29-20-8-4-9-21-23(20)27(40)39(37-14-12-36(13-15-37)17-18-6-2-1-3-7-18)26(33-21)22-10-5-11-38(22)25-19(16-30)24(31)34-28(32)35-25/h1-4,6-9,22H,5,10-15,17H2,(H4,31,32,34,35). The zero-order valence-corrected chi connectivity index (χ0v) is 21.9. The molecule has 2 aliphatic rings. The van der Waals surface area contributed by atoms with Crippen LogP contribution in [0.1, 0.15) is 35.8 Å². The lowest BCUT2D eigenvalue weighted by Crippen LogP contribution is -2.55. The molecule has 0 amide bonds. The number of nitrogens with two attached hydrogens (primary N) is 2. The van der Waals surface area contributed by atoms with Crippen LogP contribution >= 0.6 is 0 Å². The molecule has 2 aliphatic heterocycles. The topological polar surface area (TPSA) is 146 Å². The second-order valence-electron chi connectivity index (χ2n) is 10.1. The molecule has 1 unspecified atom stereocenters. The number of piperazine rings is 1. The first-order valence-corrected chi connectivity index (χ1v) is 13.3. The van der Waals surface area contributed by atoms with Crippen LogP contribution < -0.4 is 26.9 Å². The maximum atomic E-state index is 15.0. The molecular formula is C28H29FN10O. The van der Waals surface area contributed by atoms with Crippen LogP contribution in [0.4, 0.5) is 22.0 Å². The fraction of sp³-hybridized carbons (Fsp3) is 0.321. The third-order valence-corrected chi connectivity index (χ3v) is 7.60. The maximum absolute atomic E-state index is 15.0. The molecule has 4 N–H and O–H groups in total. The summed E-state index contributed by atoms with van der Waals surface area (Å²) >= 11 is 0. The van der Waals surface area contributed by atoms with Gasteiger partial charge in [-0.2, -0.15) is 15.2 Å². The molecule has 12 heteroatoms. The first-order valence-electron chi connectivity index (χ1n) is 13.3. The molecule has 2 fully saturated rings. The van der Waals surface area contributed by atoms with Crippen molar-refractivity contribution in [3.8, 4) is 6.07 Å². The third kappa shape index (κ3) is 4.54. The van der Waals surface area contributed by atoms with Gasteiger partial charge in [-0.05, 0) is 30.5 Å². The normalized spacial score (nSPS) is 17.9. The molecule has 2 saturated heterocycles. The molecule has 0 spiro atoms. The molecule has 11 nitrogen and oxygen atoms in total. The molecular weight excluding hydrogens is 511 g/mol. The Morgan fingerprint density at radius 3 is 2.50 bits per heavy atom. The smallest absolute Gasteiger partial charge is 0.283 e. The summed E-state index contributed by atoms with van der Waals surface area (Å²) in [6.45, 7) is 3.93. The van der Waals surface area contributed by atoms with Gasteiger partial charge >= 0.3 is 0 Å². The van der Waals surface area contributed by atoms with Crippen LogP contribution in [-0.2, 0) is 6.54 Å². The number of hydrogen-bond acceptors (Lipinski definition) is 10. The van der Waals surface area contributed by atoms with E-state index in [1.807, 2.05) is 28.1 Å². The maximum Gasteiger partial charge on any atom is 0.283 e. The first-order chi connectivity index (χ1) is 19.4. The van der Waals surface area contributed by atoms with Gasteiger partial charge in [-0.3, -0.25) is 9.69 Å². The number of benzene rings is 2. The summed E-state index contributed by atoms with van der Waals surface area (Å²) in [6.07, 6.45) is 1.41. The Bertz CT molecular complexity index is 1660. The third-order valence-electron chi connectivity index (χ3n) is 7.60. The number of nitriles is 1. The summed E-state index contributed by atoms with van der Waals surface area (Å²) in [5, 5.41) is 11.7. The fourth-order valence-electron chi connectivity index (χ4n) is 5.71. The van der Waals surface area contributed by atoms with Crippen molar-refractivity contribution in [2.24, 2.45) is 0 Å². The van der Waals surface area contributed by atoms with Crippen LogP contribution in [0.25, 0.3) is 10.9 Å². The first kappa shape index (κ1) is 25.5. The monoisotopic (exact) mass is 540 g/mol. The van der Waals surface area contributed by atoms with Crippen molar-refractivity contribution >= 4 is 28.5 Å². The predicted octanol–water partition coefficient (Wildman–Crippen LogP) is 2.16. The van der Waals surface area contributed by atoms with E-state index in [1.165, 1.54) is 16.3 Å². The van der Waals surface area contributed by atoms with Crippen LogP contribution in [-0.4, -0.2) is 57.3 Å². The van der Waals surface area contributed by atoms with E-state index < -0.39 is 17.4 Å². The summed E-state index contributed by atoms with van der Waals surface area (Å²) in [7, 11) is 0. The summed E-state index contributed by atoms with van der Waals surface area (Å²) in [5.41, 5.74) is 13.1. The van der Waals surface area contributed by atoms with E-state index in [0.717, 1.165) is 26.1 Å². The van der Waals surface area contributed by atoms with Crippen molar-refractivity contribution in [1.29, 1.82) is 5.26 Å². The second kappa shape index (κ2) is 10.4. The van der Waals surface area contributed by atoms with Gasteiger partial charge in [-0.25, -0.2) is 14.1 Å². The quantitative estimate of drug-likeness (QED) is 0.386. The molecule has 40 heavy (non-hydrogen) atoms. The second-order valence-corrected chi connectivity index (χ2v) is 10.1. The molecule has 1 atom stereocenters. The van der Waals surface area contributed by atoms with E-state index in [-0.39, 0.29) is 28.2 Å². The number of nitrogen functional groups attached to an aromatic ring is 2. The average molecular weight is 541 g/mol. The molecule has 0 bridgehead atoms. The summed E-state index contributed by atoms with van der Waals surface area (Å²) in [4.78, 5) is 31.3. The summed E-state index contributed by atoms with van der Waals surface area (Å²) in [6, 6.07) is 16.4. The van der Waals surface area contributed by atoms with Crippen LogP contribution in [0.3, 0.4) is 0 Å². The Morgan fingerprint density at radius 2 is 1.75 bits per heavy atom. The largest absolute Gasteiger partial charge is 0.382 e.